The van der Waals surface area contributed by atoms with Crippen molar-refractivity contribution < 1.29 is 0 Å². The lowest BCUT2D eigenvalue weighted by molar-refractivity contribution is 0.327. The van der Waals surface area contributed by atoms with Gasteiger partial charge in [0.15, 0.2) is 5.82 Å². The number of nitrogen functional groups attached to an aromatic ring is 1. The molecule has 2 unspecified atom stereocenters. The van der Waals surface area contributed by atoms with Crippen molar-refractivity contribution in [2.24, 2.45) is 5.92 Å². The van der Waals surface area contributed by atoms with Crippen LogP contribution in [-0.4, -0.2) is 10.4 Å². The van der Waals surface area contributed by atoms with Crippen molar-refractivity contribution in [3.8, 4) is 6.07 Å². The van der Waals surface area contributed by atoms with E-state index in [-0.39, 0.29) is 0 Å². The van der Waals surface area contributed by atoms with Gasteiger partial charge in [-0.2, -0.15) is 9.64 Å². The van der Waals surface area contributed by atoms with Crippen LogP contribution in [0.15, 0.2) is 0 Å². The molecule has 1 aromatic heterocycles. The van der Waals surface area contributed by atoms with Crippen LogP contribution >= 0.6 is 11.5 Å². The van der Waals surface area contributed by atoms with E-state index in [0.717, 1.165) is 10.9 Å². The fourth-order valence-electron chi connectivity index (χ4n) is 2.49. The molecule has 0 saturated heterocycles. The van der Waals surface area contributed by atoms with Crippen molar-refractivity contribution in [1.29, 1.82) is 5.26 Å². The molecule has 1 saturated carbocycles. The van der Waals surface area contributed by atoms with Crippen molar-refractivity contribution >= 4 is 22.4 Å². The van der Waals surface area contributed by atoms with E-state index in [1.54, 1.807) is 0 Å². The summed E-state index contributed by atoms with van der Waals surface area (Å²) < 4.78 is 4.03. The predicted molar refractivity (Wildman–Crippen MR) is 70.9 cm³/mol. The van der Waals surface area contributed by atoms with E-state index in [1.165, 1.54) is 43.6 Å². The molecule has 1 heterocycles. The molecule has 0 radical (unpaired) electrons. The van der Waals surface area contributed by atoms with E-state index >= 15 is 0 Å². The maximum Gasteiger partial charge on any atom is 0.157 e. The highest BCUT2D eigenvalue weighted by atomic mass is 32.1. The summed E-state index contributed by atoms with van der Waals surface area (Å²) in [6.07, 6.45) is 6.23. The lowest BCUT2D eigenvalue weighted by Crippen LogP contribution is -2.26. The van der Waals surface area contributed by atoms with Crippen LogP contribution in [0.4, 0.5) is 10.8 Å². The molecule has 1 aliphatic rings. The summed E-state index contributed by atoms with van der Waals surface area (Å²) in [5.41, 5.74) is 6.16. The summed E-state index contributed by atoms with van der Waals surface area (Å²) in [7, 11) is 0. The first kappa shape index (κ1) is 12.2. The van der Waals surface area contributed by atoms with Crippen LogP contribution in [0.5, 0.6) is 0 Å². The fourth-order valence-corrected chi connectivity index (χ4v) is 3.23. The van der Waals surface area contributed by atoms with Crippen molar-refractivity contribution in [2.75, 3.05) is 11.1 Å². The molecule has 1 aliphatic carbocycles. The number of aromatic nitrogens is 1. The highest BCUT2D eigenvalue weighted by molar-refractivity contribution is 7.10. The molecule has 1 aromatic rings. The van der Waals surface area contributed by atoms with Crippen molar-refractivity contribution in [2.45, 2.75) is 45.1 Å². The monoisotopic (exact) mass is 250 g/mol. The lowest BCUT2D eigenvalue weighted by Gasteiger charge is -2.29. The van der Waals surface area contributed by atoms with Gasteiger partial charge in [-0.3, -0.25) is 0 Å². The van der Waals surface area contributed by atoms with Crippen LogP contribution in [0, 0.1) is 17.2 Å². The SMILES string of the molecule is CCC1CCCC(Nc2snc(N)c2C#N)C1. The van der Waals surface area contributed by atoms with Crippen LogP contribution in [-0.2, 0) is 0 Å². The molecule has 4 nitrogen and oxygen atoms in total. The van der Waals surface area contributed by atoms with Gasteiger partial charge in [-0.25, -0.2) is 0 Å². The zero-order chi connectivity index (χ0) is 12.3. The van der Waals surface area contributed by atoms with Gasteiger partial charge in [0.05, 0.1) is 0 Å². The number of nitrogens with two attached hydrogens (primary N) is 1. The molecule has 0 bridgehead atoms. The minimum Gasteiger partial charge on any atom is -0.382 e. The molecule has 3 N–H and O–H groups in total. The topological polar surface area (TPSA) is 74.7 Å². The molecule has 92 valence electrons. The van der Waals surface area contributed by atoms with E-state index in [2.05, 4.69) is 22.7 Å². The van der Waals surface area contributed by atoms with Gasteiger partial charge >= 0.3 is 0 Å². The van der Waals surface area contributed by atoms with Crippen molar-refractivity contribution in [3.05, 3.63) is 5.56 Å². The third kappa shape index (κ3) is 2.70. The number of anilines is 2. The third-order valence-corrected chi connectivity index (χ3v) is 4.32. The molecule has 2 atom stereocenters. The molecule has 5 heteroatoms. The standard InChI is InChI=1S/C12H18N4S/c1-2-8-4-3-5-9(6-8)15-12-10(7-13)11(14)16-17-12/h8-9,15H,2-6H2,1H3,(H2,14,16). The van der Waals surface area contributed by atoms with Crippen LogP contribution < -0.4 is 11.1 Å². The largest absolute Gasteiger partial charge is 0.382 e. The molecular formula is C12H18N4S. The van der Waals surface area contributed by atoms with Gasteiger partial charge in [-0.1, -0.05) is 26.2 Å². The molecule has 2 rings (SSSR count). The van der Waals surface area contributed by atoms with Gasteiger partial charge in [0.25, 0.3) is 0 Å². The van der Waals surface area contributed by atoms with E-state index in [1.807, 2.05) is 0 Å². The first-order valence-electron chi connectivity index (χ1n) is 6.16. The number of nitrogens with one attached hydrogen (secondary N) is 1. The van der Waals surface area contributed by atoms with E-state index in [0.29, 0.717) is 17.4 Å². The number of nitrogens with zero attached hydrogens (tertiary/aromatic N) is 2. The second kappa shape index (κ2) is 5.37. The number of rotatable bonds is 3. The van der Waals surface area contributed by atoms with Crippen molar-refractivity contribution in [3.63, 3.8) is 0 Å². The summed E-state index contributed by atoms with van der Waals surface area (Å²) in [6, 6.07) is 2.59. The maximum absolute atomic E-state index is 9.01. The Hall–Kier alpha value is -1.28. The maximum atomic E-state index is 9.01. The Kier molecular flexibility index (Phi) is 3.85. The van der Waals surface area contributed by atoms with E-state index in [9.17, 15) is 0 Å². The number of nitriles is 1. The van der Waals surface area contributed by atoms with E-state index < -0.39 is 0 Å². The quantitative estimate of drug-likeness (QED) is 0.864. The van der Waals surface area contributed by atoms with Crippen LogP contribution in [0.1, 0.15) is 44.6 Å². The molecular weight excluding hydrogens is 232 g/mol. The van der Waals surface area contributed by atoms with Crippen LogP contribution in [0.2, 0.25) is 0 Å². The molecule has 0 spiro atoms. The van der Waals surface area contributed by atoms with Gasteiger partial charge in [0.1, 0.15) is 16.6 Å². The Morgan fingerprint density at radius 1 is 1.59 bits per heavy atom. The van der Waals surface area contributed by atoms with Crippen LogP contribution in [0.3, 0.4) is 0 Å². The average molecular weight is 250 g/mol. The molecule has 1 fully saturated rings. The summed E-state index contributed by atoms with van der Waals surface area (Å²) in [4.78, 5) is 0. The fraction of sp³-hybridized carbons (Fsp3) is 0.667. The lowest BCUT2D eigenvalue weighted by atomic mass is 9.84. The Balaban J connectivity index is 2.03. The van der Waals surface area contributed by atoms with E-state index in [4.69, 9.17) is 11.0 Å². The predicted octanol–water partition coefficient (Wildman–Crippen LogP) is 2.98. The minimum absolute atomic E-state index is 0.350. The Morgan fingerprint density at radius 2 is 2.41 bits per heavy atom. The Morgan fingerprint density at radius 3 is 3.12 bits per heavy atom. The zero-order valence-corrected chi connectivity index (χ0v) is 10.9. The Labute approximate surface area is 106 Å². The van der Waals surface area contributed by atoms with Crippen LogP contribution in [0.25, 0.3) is 0 Å². The highest BCUT2D eigenvalue weighted by Crippen LogP contribution is 2.32. The second-order valence-electron chi connectivity index (χ2n) is 4.67. The third-order valence-electron chi connectivity index (χ3n) is 3.53. The molecule has 0 aromatic carbocycles. The smallest absolute Gasteiger partial charge is 0.157 e. The first-order chi connectivity index (χ1) is 8.24. The number of hydrogen-bond donors (Lipinski definition) is 2. The number of hydrogen-bond acceptors (Lipinski definition) is 5. The molecule has 17 heavy (non-hydrogen) atoms. The normalized spacial score (nSPS) is 24.2. The molecule has 0 amide bonds. The average Bonchev–Trinajstić information content (AvgIpc) is 2.70. The zero-order valence-electron chi connectivity index (χ0n) is 10.1. The second-order valence-corrected chi connectivity index (χ2v) is 5.44. The van der Waals surface area contributed by atoms with Gasteiger partial charge < -0.3 is 11.1 Å². The Bertz CT molecular complexity index is 421. The summed E-state index contributed by atoms with van der Waals surface area (Å²) in [5.74, 6) is 1.17. The summed E-state index contributed by atoms with van der Waals surface area (Å²) in [5, 5.41) is 13.3. The minimum atomic E-state index is 0.350. The van der Waals surface area contributed by atoms with Crippen molar-refractivity contribution in [1.82, 2.24) is 4.37 Å². The summed E-state index contributed by atoms with van der Waals surface area (Å²) >= 11 is 1.29. The molecule has 0 aliphatic heterocycles. The highest BCUT2D eigenvalue weighted by Gasteiger charge is 2.22. The van der Waals surface area contributed by atoms with Gasteiger partial charge in [0, 0.05) is 6.04 Å². The van der Waals surface area contributed by atoms with Gasteiger partial charge in [0.2, 0.25) is 0 Å². The van der Waals surface area contributed by atoms with Gasteiger partial charge in [-0.05, 0) is 30.3 Å². The summed E-state index contributed by atoms with van der Waals surface area (Å²) in [6.45, 7) is 2.25. The van der Waals surface area contributed by atoms with Gasteiger partial charge in [-0.15, -0.1) is 0 Å². The first-order valence-corrected chi connectivity index (χ1v) is 6.93.